The van der Waals surface area contributed by atoms with Gasteiger partial charge in [0.05, 0.1) is 0 Å². The van der Waals surface area contributed by atoms with Crippen molar-refractivity contribution in [2.75, 3.05) is 0 Å². The minimum absolute atomic E-state index is 0. The van der Waals surface area contributed by atoms with Crippen molar-refractivity contribution in [2.45, 2.75) is 31.2 Å². The molecular weight excluding hydrogens is 348 g/mol. The Hall–Kier alpha value is -0.197. The summed E-state index contributed by atoms with van der Waals surface area (Å²) >= 11 is 0. The molecule has 0 bridgehead atoms. The van der Waals surface area contributed by atoms with Crippen LogP contribution in [-0.2, 0) is 29.6 Å². The molecule has 0 saturated carbocycles. The van der Waals surface area contributed by atoms with E-state index in [1.165, 1.54) is 25.7 Å². The van der Waals surface area contributed by atoms with Crippen LogP contribution in [0.3, 0.4) is 0 Å². The van der Waals surface area contributed by atoms with E-state index in [9.17, 15) is 13.2 Å². The standard InChI is InChI=1S/C8H12.CHF3O3S.Rh/c1-2-4-6-8-7-5-3-1;2-1(3,4)8(5,6)7;/h1-4H,5-8H2;(H,5,6,7);/p-1. The van der Waals surface area contributed by atoms with E-state index in [1.54, 1.807) is 0 Å². The Labute approximate surface area is 111 Å². The number of hydrogen-bond acceptors (Lipinski definition) is 3. The van der Waals surface area contributed by atoms with E-state index in [0.29, 0.717) is 0 Å². The summed E-state index contributed by atoms with van der Waals surface area (Å²) in [4.78, 5) is 0. The average molecular weight is 360 g/mol. The van der Waals surface area contributed by atoms with Gasteiger partial charge in [-0.25, -0.2) is 8.42 Å². The molecule has 0 amide bonds. The Balaban J connectivity index is 0. The molecule has 1 aliphatic carbocycles. The van der Waals surface area contributed by atoms with Gasteiger partial charge in [-0.3, -0.25) is 0 Å². The predicted octanol–water partition coefficient (Wildman–Crippen LogP) is 2.72. The van der Waals surface area contributed by atoms with Crippen LogP contribution in [-0.4, -0.2) is 18.5 Å². The SMILES string of the molecule is C1=CCCCCC=C1.O=S(=O)([O-])C(F)(F)F.[Rh]. The summed E-state index contributed by atoms with van der Waals surface area (Å²) in [7, 11) is -6.09. The van der Waals surface area contributed by atoms with Crippen LogP contribution in [0.25, 0.3) is 0 Å². The second-order valence-electron chi connectivity index (χ2n) is 3.04. The molecule has 0 heterocycles. The molecule has 17 heavy (non-hydrogen) atoms. The van der Waals surface area contributed by atoms with Gasteiger partial charge in [0, 0.05) is 19.5 Å². The van der Waals surface area contributed by atoms with Crippen LogP contribution < -0.4 is 0 Å². The Morgan fingerprint density at radius 1 is 1.00 bits per heavy atom. The summed E-state index contributed by atoms with van der Waals surface area (Å²) < 4.78 is 58.9. The van der Waals surface area contributed by atoms with Crippen molar-refractivity contribution >= 4 is 10.1 Å². The van der Waals surface area contributed by atoms with Crippen LogP contribution in [0.1, 0.15) is 25.7 Å². The molecule has 0 N–H and O–H groups in total. The van der Waals surface area contributed by atoms with Gasteiger partial charge in [0.1, 0.15) is 0 Å². The summed E-state index contributed by atoms with van der Waals surface area (Å²) in [5, 5.41) is 0. The molecule has 0 atom stereocenters. The molecule has 0 aliphatic heterocycles. The van der Waals surface area contributed by atoms with Crippen LogP contribution in [0.15, 0.2) is 24.3 Å². The van der Waals surface area contributed by atoms with Crippen molar-refractivity contribution in [3.8, 4) is 0 Å². The third-order valence-electron chi connectivity index (χ3n) is 1.66. The van der Waals surface area contributed by atoms with Gasteiger partial charge < -0.3 is 4.55 Å². The molecule has 0 unspecified atom stereocenters. The summed E-state index contributed by atoms with van der Waals surface area (Å²) in [5.74, 6) is 0. The van der Waals surface area contributed by atoms with E-state index in [4.69, 9.17) is 13.0 Å². The zero-order valence-corrected chi connectivity index (χ0v) is 11.2. The molecule has 1 rings (SSSR count). The molecule has 0 spiro atoms. The molecule has 1 aliphatic rings. The van der Waals surface area contributed by atoms with Gasteiger partial charge in [0.2, 0.25) is 0 Å². The Bertz CT molecular complexity index is 333. The van der Waals surface area contributed by atoms with E-state index >= 15 is 0 Å². The number of alkyl halides is 3. The third kappa shape index (κ3) is 10.7. The van der Waals surface area contributed by atoms with Crippen molar-refractivity contribution < 1.29 is 45.6 Å². The van der Waals surface area contributed by atoms with Crippen molar-refractivity contribution in [1.82, 2.24) is 0 Å². The van der Waals surface area contributed by atoms with Crippen LogP contribution >= 0.6 is 0 Å². The largest absolute Gasteiger partial charge is 0.741 e. The maximum absolute atomic E-state index is 10.7. The molecule has 0 aromatic heterocycles. The number of halogens is 3. The number of allylic oxidation sites excluding steroid dienone is 4. The van der Waals surface area contributed by atoms with Gasteiger partial charge in [-0.05, 0) is 25.7 Å². The van der Waals surface area contributed by atoms with Gasteiger partial charge >= 0.3 is 5.51 Å². The minimum atomic E-state index is -6.09. The summed E-state index contributed by atoms with van der Waals surface area (Å²) in [6, 6.07) is 0. The average Bonchev–Trinajstić information content (AvgIpc) is 1.98. The van der Waals surface area contributed by atoms with Crippen LogP contribution in [0.4, 0.5) is 13.2 Å². The zero-order chi connectivity index (χ0) is 12.7. The third-order valence-corrected chi connectivity index (χ3v) is 2.23. The quantitative estimate of drug-likeness (QED) is 0.379. The topological polar surface area (TPSA) is 57.2 Å². The van der Waals surface area contributed by atoms with Crippen molar-refractivity contribution in [3.05, 3.63) is 24.3 Å². The van der Waals surface area contributed by atoms with Crippen LogP contribution in [0.5, 0.6) is 0 Å². The fraction of sp³-hybridized carbons (Fsp3) is 0.556. The van der Waals surface area contributed by atoms with Crippen molar-refractivity contribution in [1.29, 1.82) is 0 Å². The first-order chi connectivity index (χ1) is 7.25. The van der Waals surface area contributed by atoms with Gasteiger partial charge in [-0.2, -0.15) is 13.2 Å². The van der Waals surface area contributed by atoms with Crippen LogP contribution in [0.2, 0.25) is 0 Å². The summed E-state index contributed by atoms with van der Waals surface area (Å²) in [5.41, 5.74) is -5.65. The normalized spacial score (nSPS) is 16.0. The number of hydrogen-bond donors (Lipinski definition) is 0. The van der Waals surface area contributed by atoms with Gasteiger partial charge in [-0.1, -0.05) is 24.3 Å². The Morgan fingerprint density at radius 2 is 1.29 bits per heavy atom. The van der Waals surface area contributed by atoms with E-state index in [0.717, 1.165) is 0 Å². The molecule has 8 heteroatoms. The fourth-order valence-corrected chi connectivity index (χ4v) is 0.874. The van der Waals surface area contributed by atoms with Gasteiger partial charge in [0.15, 0.2) is 10.1 Å². The van der Waals surface area contributed by atoms with Crippen LogP contribution in [0, 0.1) is 0 Å². The second-order valence-corrected chi connectivity index (χ2v) is 4.41. The smallest absolute Gasteiger partial charge is 0.485 e. The monoisotopic (exact) mass is 360 g/mol. The predicted molar refractivity (Wildman–Crippen MR) is 52.5 cm³/mol. The summed E-state index contributed by atoms with van der Waals surface area (Å²) in [6.45, 7) is 0. The molecule has 0 saturated heterocycles. The molecule has 1 radical (unpaired) electrons. The maximum atomic E-state index is 10.7. The first-order valence-corrected chi connectivity index (χ1v) is 6.00. The maximum Gasteiger partial charge on any atom is 0.485 e. The Kier molecular flexibility index (Phi) is 9.95. The van der Waals surface area contributed by atoms with E-state index in [2.05, 4.69) is 24.3 Å². The molecular formula is C9H12F3O3RhS-. The summed E-state index contributed by atoms with van der Waals surface area (Å²) in [6.07, 6.45) is 14.0. The van der Waals surface area contributed by atoms with E-state index in [-0.39, 0.29) is 19.5 Å². The minimum Gasteiger partial charge on any atom is -0.741 e. The molecule has 0 aromatic rings. The molecule has 0 aromatic carbocycles. The number of rotatable bonds is 0. The van der Waals surface area contributed by atoms with Gasteiger partial charge in [0.25, 0.3) is 0 Å². The zero-order valence-electron chi connectivity index (χ0n) is 8.74. The first-order valence-electron chi connectivity index (χ1n) is 4.59. The second kappa shape index (κ2) is 8.83. The van der Waals surface area contributed by atoms with Crippen molar-refractivity contribution in [2.24, 2.45) is 0 Å². The van der Waals surface area contributed by atoms with E-state index < -0.39 is 15.6 Å². The van der Waals surface area contributed by atoms with Gasteiger partial charge in [-0.15, -0.1) is 0 Å². The molecule has 0 fully saturated rings. The molecule has 103 valence electrons. The Morgan fingerprint density at radius 3 is 1.53 bits per heavy atom. The fourth-order valence-electron chi connectivity index (χ4n) is 0.874. The molecule has 3 nitrogen and oxygen atoms in total. The van der Waals surface area contributed by atoms with E-state index in [1.807, 2.05) is 0 Å². The van der Waals surface area contributed by atoms with Crippen molar-refractivity contribution in [3.63, 3.8) is 0 Å². The first kappa shape index (κ1) is 19.2.